The molecule has 1 aromatic rings. The number of nitrogens with one attached hydrogen (secondary N) is 1. The molecule has 0 atom stereocenters. The summed E-state index contributed by atoms with van der Waals surface area (Å²) in [5.74, 6) is -1.03. The van der Waals surface area contributed by atoms with Gasteiger partial charge in [0.2, 0.25) is 5.91 Å². The minimum absolute atomic E-state index is 0.184. The van der Waals surface area contributed by atoms with Crippen LogP contribution < -0.4 is 15.8 Å². The van der Waals surface area contributed by atoms with Crippen molar-refractivity contribution in [2.45, 2.75) is 13.8 Å². The Morgan fingerprint density at radius 1 is 1.53 bits per heavy atom. The fourth-order valence-corrected chi connectivity index (χ4v) is 1.29. The first-order valence-corrected chi connectivity index (χ1v) is 5.46. The molecule has 19 heavy (non-hydrogen) atoms. The summed E-state index contributed by atoms with van der Waals surface area (Å²) in [6.45, 7) is 2.99. The van der Waals surface area contributed by atoms with E-state index in [9.17, 15) is 9.18 Å². The lowest BCUT2D eigenvalue weighted by Crippen LogP contribution is -2.42. The summed E-state index contributed by atoms with van der Waals surface area (Å²) in [5.41, 5.74) is 4.53. The van der Waals surface area contributed by atoms with Crippen molar-refractivity contribution in [3.63, 3.8) is 0 Å². The van der Waals surface area contributed by atoms with Crippen LogP contribution in [0.15, 0.2) is 23.4 Å². The van der Waals surface area contributed by atoms with Crippen molar-refractivity contribution >= 4 is 17.4 Å². The van der Waals surface area contributed by atoms with Crippen LogP contribution in [0.2, 0.25) is 0 Å². The second kappa shape index (κ2) is 5.55. The van der Waals surface area contributed by atoms with Crippen LogP contribution in [0.1, 0.15) is 13.8 Å². The molecule has 0 heterocycles. The molecule has 6 nitrogen and oxygen atoms in total. The van der Waals surface area contributed by atoms with Gasteiger partial charge >= 0.3 is 0 Å². The Morgan fingerprint density at radius 3 is 2.68 bits per heavy atom. The predicted molar refractivity (Wildman–Crippen MR) is 68.8 cm³/mol. The Bertz CT molecular complexity index is 515. The molecule has 0 spiro atoms. The number of nitrogens with zero attached hydrogens (tertiary/aromatic N) is 1. The van der Waals surface area contributed by atoms with E-state index in [1.54, 1.807) is 0 Å². The van der Waals surface area contributed by atoms with Gasteiger partial charge in [-0.15, -0.1) is 0 Å². The van der Waals surface area contributed by atoms with Gasteiger partial charge in [-0.2, -0.15) is 0 Å². The van der Waals surface area contributed by atoms with Crippen molar-refractivity contribution < 1.29 is 19.1 Å². The van der Waals surface area contributed by atoms with Gasteiger partial charge in [-0.25, -0.2) is 4.39 Å². The summed E-state index contributed by atoms with van der Waals surface area (Å²) in [6, 6.07) is 3.70. The third-order valence-corrected chi connectivity index (χ3v) is 2.73. The fourth-order valence-electron chi connectivity index (χ4n) is 1.29. The fraction of sp³-hybridized carbons (Fsp3) is 0.333. The Labute approximate surface area is 110 Å². The van der Waals surface area contributed by atoms with Crippen LogP contribution in [-0.2, 0) is 4.79 Å². The molecule has 1 rings (SSSR count). The molecule has 0 bridgehead atoms. The normalized spacial score (nSPS) is 12.1. The van der Waals surface area contributed by atoms with Crippen molar-refractivity contribution in [1.29, 1.82) is 0 Å². The number of halogens is 1. The number of benzene rings is 1. The van der Waals surface area contributed by atoms with E-state index in [0.29, 0.717) is 5.69 Å². The number of hydrogen-bond donors (Lipinski definition) is 3. The zero-order valence-electron chi connectivity index (χ0n) is 10.9. The molecule has 0 aromatic heterocycles. The Morgan fingerprint density at radius 2 is 2.16 bits per heavy atom. The molecular weight excluding hydrogens is 253 g/mol. The minimum Gasteiger partial charge on any atom is -0.494 e. The Hall–Kier alpha value is -2.31. The lowest BCUT2D eigenvalue weighted by Gasteiger charge is -2.22. The van der Waals surface area contributed by atoms with Crippen LogP contribution in [0.5, 0.6) is 5.75 Å². The highest BCUT2D eigenvalue weighted by Gasteiger charge is 2.33. The molecule has 104 valence electrons. The maximum atomic E-state index is 13.0. The largest absolute Gasteiger partial charge is 0.494 e. The van der Waals surface area contributed by atoms with Crippen LogP contribution >= 0.6 is 0 Å². The van der Waals surface area contributed by atoms with Gasteiger partial charge in [-0.1, -0.05) is 5.16 Å². The van der Waals surface area contributed by atoms with Crippen molar-refractivity contribution in [3.8, 4) is 5.75 Å². The average molecular weight is 269 g/mol. The van der Waals surface area contributed by atoms with Crippen molar-refractivity contribution in [1.82, 2.24) is 0 Å². The van der Waals surface area contributed by atoms with Crippen molar-refractivity contribution in [2.24, 2.45) is 16.3 Å². The monoisotopic (exact) mass is 269 g/mol. The number of carbonyl (C=O) groups is 1. The summed E-state index contributed by atoms with van der Waals surface area (Å²) < 4.78 is 18.0. The molecule has 0 fully saturated rings. The zero-order valence-corrected chi connectivity index (χ0v) is 10.9. The highest BCUT2D eigenvalue weighted by atomic mass is 19.1. The maximum absolute atomic E-state index is 13.0. The number of carbonyl (C=O) groups excluding carboxylic acids is 1. The first-order valence-electron chi connectivity index (χ1n) is 5.46. The molecule has 0 saturated carbocycles. The molecule has 0 saturated heterocycles. The zero-order chi connectivity index (χ0) is 14.6. The van der Waals surface area contributed by atoms with Gasteiger partial charge in [0.05, 0.1) is 12.8 Å². The van der Waals surface area contributed by atoms with Gasteiger partial charge in [0.25, 0.3) is 0 Å². The molecule has 4 N–H and O–H groups in total. The number of amides is 1. The smallest absolute Gasteiger partial charge is 0.237 e. The molecule has 0 unspecified atom stereocenters. The standard InChI is InChI=1S/C12H16FN3O3/c1-12(2,10(14)16-18)11(17)15-8-5-4-7(13)6-9(8)19-3/h4-6,18H,1-3H3,(H2,14,16)(H,15,17). The van der Waals surface area contributed by atoms with Crippen molar-refractivity contribution in [2.75, 3.05) is 12.4 Å². The lowest BCUT2D eigenvalue weighted by molar-refractivity contribution is -0.121. The van der Waals surface area contributed by atoms with Gasteiger partial charge < -0.3 is 21.0 Å². The summed E-state index contributed by atoms with van der Waals surface area (Å²) >= 11 is 0. The van der Waals surface area contributed by atoms with Crippen LogP contribution in [0, 0.1) is 11.2 Å². The number of amidine groups is 1. The summed E-state index contributed by atoms with van der Waals surface area (Å²) in [4.78, 5) is 12.1. The predicted octanol–water partition coefficient (Wildman–Crippen LogP) is 1.55. The molecule has 0 aliphatic rings. The van der Waals surface area contributed by atoms with E-state index in [1.165, 1.54) is 33.1 Å². The van der Waals surface area contributed by atoms with Crippen LogP contribution in [0.3, 0.4) is 0 Å². The van der Waals surface area contributed by atoms with E-state index in [4.69, 9.17) is 15.7 Å². The maximum Gasteiger partial charge on any atom is 0.237 e. The highest BCUT2D eigenvalue weighted by molar-refractivity contribution is 6.11. The van der Waals surface area contributed by atoms with Gasteiger partial charge in [0, 0.05) is 6.07 Å². The first kappa shape index (κ1) is 14.7. The van der Waals surface area contributed by atoms with E-state index in [2.05, 4.69) is 10.5 Å². The molecule has 1 amide bonds. The van der Waals surface area contributed by atoms with Crippen molar-refractivity contribution in [3.05, 3.63) is 24.0 Å². The van der Waals surface area contributed by atoms with Gasteiger partial charge in [0.15, 0.2) is 5.84 Å². The quantitative estimate of drug-likeness (QED) is 0.334. The van der Waals surface area contributed by atoms with E-state index >= 15 is 0 Å². The van der Waals surface area contributed by atoms with E-state index in [1.807, 2.05) is 0 Å². The number of ether oxygens (including phenoxy) is 1. The highest BCUT2D eigenvalue weighted by Crippen LogP contribution is 2.27. The summed E-state index contributed by atoms with van der Waals surface area (Å²) in [5, 5.41) is 14.0. The van der Waals surface area contributed by atoms with Crippen LogP contribution in [0.25, 0.3) is 0 Å². The van der Waals surface area contributed by atoms with Gasteiger partial charge in [0.1, 0.15) is 17.0 Å². The molecule has 0 aliphatic carbocycles. The number of anilines is 1. The Kier molecular flexibility index (Phi) is 4.31. The SMILES string of the molecule is COc1cc(F)ccc1NC(=O)C(C)(C)C(N)=NO. The third-order valence-electron chi connectivity index (χ3n) is 2.73. The molecule has 0 radical (unpaired) electrons. The Balaban J connectivity index is 3.00. The first-order chi connectivity index (χ1) is 8.82. The van der Waals surface area contributed by atoms with Gasteiger partial charge in [-0.3, -0.25) is 4.79 Å². The van der Waals surface area contributed by atoms with Crippen LogP contribution in [-0.4, -0.2) is 24.1 Å². The summed E-state index contributed by atoms with van der Waals surface area (Å²) in [6.07, 6.45) is 0. The van der Waals surface area contributed by atoms with E-state index in [0.717, 1.165) is 6.07 Å². The molecule has 7 heteroatoms. The van der Waals surface area contributed by atoms with E-state index < -0.39 is 17.1 Å². The number of nitrogens with two attached hydrogens (primary N) is 1. The second-order valence-electron chi connectivity index (χ2n) is 4.41. The van der Waals surface area contributed by atoms with Crippen LogP contribution in [0.4, 0.5) is 10.1 Å². The topological polar surface area (TPSA) is 96.9 Å². The molecular formula is C12H16FN3O3. The minimum atomic E-state index is -1.21. The number of rotatable bonds is 4. The van der Waals surface area contributed by atoms with Gasteiger partial charge in [-0.05, 0) is 26.0 Å². The molecule has 1 aromatic carbocycles. The average Bonchev–Trinajstić information content (AvgIpc) is 2.39. The van der Waals surface area contributed by atoms with E-state index in [-0.39, 0.29) is 11.6 Å². The number of hydrogen-bond acceptors (Lipinski definition) is 4. The third kappa shape index (κ3) is 3.12. The second-order valence-corrected chi connectivity index (χ2v) is 4.41. The molecule has 0 aliphatic heterocycles. The summed E-state index contributed by atoms with van der Waals surface area (Å²) in [7, 11) is 1.36. The number of methoxy groups -OCH3 is 1. The number of oxime groups is 1. The lowest BCUT2D eigenvalue weighted by atomic mass is 9.91.